The molecular weight excluding hydrogens is 323 g/mol. The number of carbonyl (C=O) groups excluding carboxylic acids is 1. The first-order valence-corrected chi connectivity index (χ1v) is 7.03. The Balaban J connectivity index is 0.00000264. The van der Waals surface area contributed by atoms with Crippen molar-refractivity contribution >= 4 is 18.3 Å². The highest BCUT2D eigenvalue weighted by Gasteiger charge is 2.24. The van der Waals surface area contributed by atoms with Crippen LogP contribution in [0.4, 0.5) is 4.39 Å². The SMILES string of the molecule is CNCCNC(=O)C(Cc1cccc(F)c1)n1nnnc1C.Cl. The molecule has 0 aliphatic rings. The van der Waals surface area contributed by atoms with E-state index in [9.17, 15) is 9.18 Å². The molecule has 0 saturated carbocycles. The number of aryl methyl sites for hydroxylation is 1. The monoisotopic (exact) mass is 342 g/mol. The number of amides is 1. The van der Waals surface area contributed by atoms with E-state index in [4.69, 9.17) is 0 Å². The maximum absolute atomic E-state index is 13.3. The van der Waals surface area contributed by atoms with Gasteiger partial charge in [0.1, 0.15) is 17.7 Å². The number of likely N-dealkylation sites (N-methyl/N-ethyl adjacent to an activating group) is 1. The second-order valence-electron chi connectivity index (χ2n) is 4.92. The van der Waals surface area contributed by atoms with Crippen LogP contribution >= 0.6 is 12.4 Å². The van der Waals surface area contributed by atoms with Crippen LogP contribution in [0.25, 0.3) is 0 Å². The summed E-state index contributed by atoms with van der Waals surface area (Å²) in [4.78, 5) is 12.4. The number of tetrazole rings is 1. The highest BCUT2D eigenvalue weighted by atomic mass is 35.5. The van der Waals surface area contributed by atoms with E-state index in [1.165, 1.54) is 16.8 Å². The van der Waals surface area contributed by atoms with Crippen molar-refractivity contribution in [1.29, 1.82) is 0 Å². The summed E-state index contributed by atoms with van der Waals surface area (Å²) in [5.74, 6) is 0.000333. The predicted molar refractivity (Wildman–Crippen MR) is 85.9 cm³/mol. The number of hydrogen-bond acceptors (Lipinski definition) is 5. The van der Waals surface area contributed by atoms with Crippen molar-refractivity contribution in [2.24, 2.45) is 0 Å². The zero-order valence-electron chi connectivity index (χ0n) is 13.0. The molecule has 0 radical (unpaired) electrons. The van der Waals surface area contributed by atoms with Gasteiger partial charge < -0.3 is 10.6 Å². The maximum atomic E-state index is 13.3. The summed E-state index contributed by atoms with van der Waals surface area (Å²) in [5, 5.41) is 17.0. The molecule has 1 atom stereocenters. The van der Waals surface area contributed by atoms with Crippen LogP contribution < -0.4 is 10.6 Å². The zero-order valence-corrected chi connectivity index (χ0v) is 13.8. The van der Waals surface area contributed by atoms with E-state index in [0.29, 0.717) is 30.9 Å². The molecule has 1 heterocycles. The summed E-state index contributed by atoms with van der Waals surface area (Å²) in [7, 11) is 1.81. The minimum Gasteiger partial charge on any atom is -0.353 e. The van der Waals surface area contributed by atoms with E-state index in [-0.39, 0.29) is 24.1 Å². The van der Waals surface area contributed by atoms with E-state index < -0.39 is 6.04 Å². The van der Waals surface area contributed by atoms with Crippen LogP contribution in [-0.2, 0) is 11.2 Å². The largest absolute Gasteiger partial charge is 0.353 e. The van der Waals surface area contributed by atoms with Crippen molar-refractivity contribution < 1.29 is 9.18 Å². The van der Waals surface area contributed by atoms with E-state index in [1.54, 1.807) is 19.1 Å². The van der Waals surface area contributed by atoms with Crippen LogP contribution in [0.2, 0.25) is 0 Å². The van der Waals surface area contributed by atoms with Gasteiger partial charge in [-0.25, -0.2) is 9.07 Å². The molecule has 0 bridgehead atoms. The van der Waals surface area contributed by atoms with Gasteiger partial charge in [-0.1, -0.05) is 12.1 Å². The molecule has 0 aliphatic heterocycles. The molecule has 1 aromatic heterocycles. The number of benzene rings is 1. The van der Waals surface area contributed by atoms with Crippen molar-refractivity contribution in [1.82, 2.24) is 30.8 Å². The molecule has 2 aromatic rings. The number of nitrogens with one attached hydrogen (secondary N) is 2. The Morgan fingerprint density at radius 1 is 1.39 bits per heavy atom. The summed E-state index contributed by atoms with van der Waals surface area (Å²) in [6.45, 7) is 2.88. The van der Waals surface area contributed by atoms with Gasteiger partial charge in [-0.05, 0) is 42.1 Å². The summed E-state index contributed by atoms with van der Waals surface area (Å²) in [6, 6.07) is 5.55. The molecule has 23 heavy (non-hydrogen) atoms. The molecule has 1 aromatic carbocycles. The van der Waals surface area contributed by atoms with E-state index in [0.717, 1.165) is 0 Å². The van der Waals surface area contributed by atoms with Crippen LogP contribution in [0.1, 0.15) is 17.4 Å². The Morgan fingerprint density at radius 2 is 2.17 bits per heavy atom. The van der Waals surface area contributed by atoms with Crippen molar-refractivity contribution in [3.63, 3.8) is 0 Å². The lowest BCUT2D eigenvalue weighted by Crippen LogP contribution is -2.38. The third-order valence-corrected chi connectivity index (χ3v) is 3.25. The molecule has 1 amide bonds. The lowest BCUT2D eigenvalue weighted by molar-refractivity contribution is -0.124. The maximum Gasteiger partial charge on any atom is 0.245 e. The van der Waals surface area contributed by atoms with Crippen LogP contribution in [0, 0.1) is 12.7 Å². The highest BCUT2D eigenvalue weighted by molar-refractivity contribution is 5.85. The molecule has 0 fully saturated rings. The predicted octanol–water partition coefficient (Wildman–Crippen LogP) is 0.662. The van der Waals surface area contributed by atoms with Gasteiger partial charge in [0, 0.05) is 19.5 Å². The molecule has 2 rings (SSSR count). The van der Waals surface area contributed by atoms with Gasteiger partial charge in [0.25, 0.3) is 0 Å². The van der Waals surface area contributed by atoms with Crippen molar-refractivity contribution in [3.05, 3.63) is 41.5 Å². The number of carbonyl (C=O) groups is 1. The minimum atomic E-state index is -0.617. The van der Waals surface area contributed by atoms with E-state index >= 15 is 0 Å². The minimum absolute atomic E-state index is 0. The number of nitrogens with zero attached hydrogens (tertiary/aromatic N) is 4. The number of rotatable bonds is 7. The second kappa shape index (κ2) is 9.16. The average molecular weight is 343 g/mol. The second-order valence-corrected chi connectivity index (χ2v) is 4.92. The standard InChI is InChI=1S/C14H19FN6O.ClH/c1-10-18-19-20-21(10)13(14(22)17-7-6-16-2)9-11-4-3-5-12(15)8-11;/h3-5,8,13,16H,6-7,9H2,1-2H3,(H,17,22);1H. The van der Waals surface area contributed by atoms with Gasteiger partial charge in [0.15, 0.2) is 0 Å². The smallest absolute Gasteiger partial charge is 0.245 e. The van der Waals surface area contributed by atoms with Crippen LogP contribution in [0.15, 0.2) is 24.3 Å². The first-order valence-electron chi connectivity index (χ1n) is 7.03. The van der Waals surface area contributed by atoms with Gasteiger partial charge in [-0.15, -0.1) is 17.5 Å². The normalized spacial score (nSPS) is 11.6. The van der Waals surface area contributed by atoms with Gasteiger partial charge in [0.05, 0.1) is 0 Å². The highest BCUT2D eigenvalue weighted by Crippen LogP contribution is 2.15. The topological polar surface area (TPSA) is 84.7 Å². The Labute approximate surface area is 140 Å². The zero-order chi connectivity index (χ0) is 15.9. The first-order chi connectivity index (χ1) is 10.6. The van der Waals surface area contributed by atoms with E-state index in [2.05, 4.69) is 26.2 Å². The molecular formula is C14H20ClFN6O. The van der Waals surface area contributed by atoms with E-state index in [1.807, 2.05) is 7.05 Å². The summed E-state index contributed by atoms with van der Waals surface area (Å²) in [6.07, 6.45) is 0.315. The van der Waals surface area contributed by atoms with Gasteiger partial charge in [-0.2, -0.15) is 0 Å². The summed E-state index contributed by atoms with van der Waals surface area (Å²) < 4.78 is 14.8. The molecule has 7 nitrogen and oxygen atoms in total. The van der Waals surface area contributed by atoms with Crippen LogP contribution in [0.3, 0.4) is 0 Å². The fourth-order valence-corrected chi connectivity index (χ4v) is 2.13. The fourth-order valence-electron chi connectivity index (χ4n) is 2.13. The average Bonchev–Trinajstić information content (AvgIpc) is 2.91. The molecule has 9 heteroatoms. The Morgan fingerprint density at radius 3 is 2.78 bits per heavy atom. The number of halogens is 2. The van der Waals surface area contributed by atoms with Gasteiger partial charge in [-0.3, -0.25) is 4.79 Å². The molecule has 0 spiro atoms. The molecule has 0 saturated heterocycles. The summed E-state index contributed by atoms with van der Waals surface area (Å²) >= 11 is 0. The van der Waals surface area contributed by atoms with Crippen LogP contribution in [-0.4, -0.2) is 46.3 Å². The van der Waals surface area contributed by atoms with Gasteiger partial charge in [0.2, 0.25) is 5.91 Å². The first kappa shape index (κ1) is 19.0. The molecule has 2 N–H and O–H groups in total. The lowest BCUT2D eigenvalue weighted by atomic mass is 10.1. The Kier molecular flexibility index (Phi) is 7.56. The van der Waals surface area contributed by atoms with Crippen molar-refractivity contribution in [2.45, 2.75) is 19.4 Å². The number of aromatic nitrogens is 4. The van der Waals surface area contributed by atoms with Gasteiger partial charge >= 0.3 is 0 Å². The van der Waals surface area contributed by atoms with Crippen molar-refractivity contribution in [2.75, 3.05) is 20.1 Å². The lowest BCUT2D eigenvalue weighted by Gasteiger charge is -2.17. The van der Waals surface area contributed by atoms with Crippen molar-refractivity contribution in [3.8, 4) is 0 Å². The Hall–Kier alpha value is -2.06. The third-order valence-electron chi connectivity index (χ3n) is 3.25. The fraction of sp³-hybridized carbons (Fsp3) is 0.429. The Bertz CT molecular complexity index is 635. The number of hydrogen-bond donors (Lipinski definition) is 2. The molecule has 1 unspecified atom stereocenters. The van der Waals surface area contributed by atoms with Crippen LogP contribution in [0.5, 0.6) is 0 Å². The molecule has 126 valence electrons. The quantitative estimate of drug-likeness (QED) is 0.722. The molecule has 0 aliphatic carbocycles. The third kappa shape index (κ3) is 5.26. The summed E-state index contributed by atoms with van der Waals surface area (Å²) in [5.41, 5.74) is 0.712.